The molecule has 0 bridgehead atoms. The molecule has 1 aromatic rings. The summed E-state index contributed by atoms with van der Waals surface area (Å²) >= 11 is 17.7. The molecular formula is C11H12Cl3NO2. The van der Waals surface area contributed by atoms with E-state index in [2.05, 4.69) is 0 Å². The van der Waals surface area contributed by atoms with Gasteiger partial charge in [-0.1, -0.05) is 34.8 Å². The summed E-state index contributed by atoms with van der Waals surface area (Å²) in [7, 11) is 1.61. The summed E-state index contributed by atoms with van der Waals surface area (Å²) in [5.74, 6) is 0.500. The zero-order chi connectivity index (χ0) is 12.6. The van der Waals surface area contributed by atoms with E-state index in [4.69, 9.17) is 50.0 Å². The van der Waals surface area contributed by atoms with Gasteiger partial charge in [-0.25, -0.2) is 0 Å². The van der Waals surface area contributed by atoms with E-state index in [1.54, 1.807) is 19.2 Å². The number of hydrogen-bond donors (Lipinski definition) is 1. The van der Waals surface area contributed by atoms with E-state index in [0.717, 1.165) is 6.42 Å². The summed E-state index contributed by atoms with van der Waals surface area (Å²) < 4.78 is 10.9. The van der Waals surface area contributed by atoms with Gasteiger partial charge in [-0.15, -0.1) is 0 Å². The molecule has 1 aliphatic rings. The fourth-order valence-corrected chi connectivity index (χ4v) is 2.40. The Kier molecular flexibility index (Phi) is 4.06. The average molecular weight is 297 g/mol. The van der Waals surface area contributed by atoms with E-state index >= 15 is 0 Å². The van der Waals surface area contributed by atoms with Crippen LogP contribution in [-0.4, -0.2) is 25.4 Å². The van der Waals surface area contributed by atoms with Gasteiger partial charge in [-0.05, 0) is 6.07 Å². The van der Waals surface area contributed by atoms with Gasteiger partial charge in [0.15, 0.2) is 0 Å². The van der Waals surface area contributed by atoms with Gasteiger partial charge in [0.05, 0.1) is 15.1 Å². The molecule has 1 aliphatic carbocycles. The monoisotopic (exact) mass is 295 g/mol. The van der Waals surface area contributed by atoms with Crippen molar-refractivity contribution in [1.29, 1.82) is 0 Å². The van der Waals surface area contributed by atoms with Crippen LogP contribution in [0.25, 0.3) is 0 Å². The summed E-state index contributed by atoms with van der Waals surface area (Å²) in [6.45, 7) is 0. The number of nitrogens with two attached hydrogens (primary N) is 1. The highest BCUT2D eigenvalue weighted by molar-refractivity contribution is 6.43. The number of ether oxygens (including phenoxy) is 2. The number of rotatable bonds is 3. The smallest absolute Gasteiger partial charge is 0.140 e. The molecule has 2 rings (SSSR count). The van der Waals surface area contributed by atoms with Gasteiger partial charge in [0.1, 0.15) is 18.0 Å². The highest BCUT2D eigenvalue weighted by Crippen LogP contribution is 2.36. The van der Waals surface area contributed by atoms with Crippen molar-refractivity contribution in [3.05, 3.63) is 27.2 Å². The third-order valence-corrected chi connectivity index (χ3v) is 3.84. The van der Waals surface area contributed by atoms with Crippen LogP contribution in [0.3, 0.4) is 0 Å². The topological polar surface area (TPSA) is 44.5 Å². The SMILES string of the molecule is COC1C(N)CC1Oc1cc(Cl)c(Cl)cc1Cl. The fourth-order valence-electron chi connectivity index (χ4n) is 1.82. The molecule has 2 N–H and O–H groups in total. The number of benzene rings is 1. The van der Waals surface area contributed by atoms with Crippen LogP contribution in [0, 0.1) is 0 Å². The van der Waals surface area contributed by atoms with Crippen LogP contribution in [0.15, 0.2) is 12.1 Å². The fraction of sp³-hybridized carbons (Fsp3) is 0.455. The molecule has 0 heterocycles. The standard InChI is InChI=1S/C11H12Cl3NO2/c1-16-11-8(15)4-10(11)17-9-3-6(13)5(12)2-7(9)14/h2-3,8,10-11H,4,15H2,1H3. The molecule has 3 atom stereocenters. The van der Waals surface area contributed by atoms with Gasteiger partial charge in [0.2, 0.25) is 0 Å². The summed E-state index contributed by atoms with van der Waals surface area (Å²) in [5.41, 5.74) is 5.78. The van der Waals surface area contributed by atoms with E-state index in [-0.39, 0.29) is 18.2 Å². The Balaban J connectivity index is 2.12. The molecule has 0 aliphatic heterocycles. The Morgan fingerprint density at radius 3 is 2.41 bits per heavy atom. The van der Waals surface area contributed by atoms with E-state index in [1.807, 2.05) is 0 Å². The van der Waals surface area contributed by atoms with Crippen LogP contribution in [0.1, 0.15) is 6.42 Å². The van der Waals surface area contributed by atoms with Crippen molar-refractivity contribution in [2.45, 2.75) is 24.7 Å². The van der Waals surface area contributed by atoms with Gasteiger partial charge in [-0.3, -0.25) is 0 Å². The van der Waals surface area contributed by atoms with Gasteiger partial charge < -0.3 is 15.2 Å². The number of methoxy groups -OCH3 is 1. The number of hydrogen-bond acceptors (Lipinski definition) is 3. The third-order valence-electron chi connectivity index (χ3n) is 2.82. The van der Waals surface area contributed by atoms with Crippen molar-refractivity contribution in [3.63, 3.8) is 0 Å². The molecule has 3 unspecified atom stereocenters. The van der Waals surface area contributed by atoms with E-state index in [1.165, 1.54) is 0 Å². The molecule has 6 heteroatoms. The summed E-state index contributed by atoms with van der Waals surface area (Å²) in [6, 6.07) is 3.16. The first-order chi connectivity index (χ1) is 8.02. The summed E-state index contributed by atoms with van der Waals surface area (Å²) in [5, 5.41) is 1.23. The maximum Gasteiger partial charge on any atom is 0.140 e. The minimum Gasteiger partial charge on any atom is -0.486 e. The van der Waals surface area contributed by atoms with Gasteiger partial charge in [-0.2, -0.15) is 0 Å². The third kappa shape index (κ3) is 2.64. The molecule has 1 saturated carbocycles. The summed E-state index contributed by atoms with van der Waals surface area (Å²) in [4.78, 5) is 0. The quantitative estimate of drug-likeness (QED) is 0.872. The van der Waals surface area contributed by atoms with Gasteiger partial charge in [0.25, 0.3) is 0 Å². The van der Waals surface area contributed by atoms with Crippen LogP contribution in [0.2, 0.25) is 15.1 Å². The van der Waals surface area contributed by atoms with Crippen molar-refractivity contribution in [1.82, 2.24) is 0 Å². The second-order valence-corrected chi connectivity index (χ2v) is 5.17. The van der Waals surface area contributed by atoms with Crippen LogP contribution in [0.5, 0.6) is 5.75 Å². The molecule has 0 amide bonds. The van der Waals surface area contributed by atoms with Gasteiger partial charge >= 0.3 is 0 Å². The number of halogens is 3. The lowest BCUT2D eigenvalue weighted by Crippen LogP contribution is -2.59. The van der Waals surface area contributed by atoms with E-state index < -0.39 is 0 Å². The molecule has 94 valence electrons. The second kappa shape index (κ2) is 5.21. The second-order valence-electron chi connectivity index (χ2n) is 3.95. The Bertz CT molecular complexity index is 427. The first kappa shape index (κ1) is 13.2. The Hall–Kier alpha value is -0.190. The predicted molar refractivity (Wildman–Crippen MR) is 69.3 cm³/mol. The predicted octanol–water partition coefficient (Wildman–Crippen LogP) is 3.14. The van der Waals surface area contributed by atoms with E-state index in [9.17, 15) is 0 Å². The molecular weight excluding hydrogens is 284 g/mol. The van der Waals surface area contributed by atoms with Crippen LogP contribution >= 0.6 is 34.8 Å². The van der Waals surface area contributed by atoms with Crippen molar-refractivity contribution >= 4 is 34.8 Å². The molecule has 0 spiro atoms. The van der Waals surface area contributed by atoms with Crippen molar-refractivity contribution in [3.8, 4) is 5.75 Å². The van der Waals surface area contributed by atoms with Crippen LogP contribution < -0.4 is 10.5 Å². The molecule has 3 nitrogen and oxygen atoms in total. The molecule has 0 aromatic heterocycles. The Morgan fingerprint density at radius 1 is 1.18 bits per heavy atom. The average Bonchev–Trinajstić information content (AvgIpc) is 2.25. The summed E-state index contributed by atoms with van der Waals surface area (Å²) in [6.07, 6.45) is 0.528. The molecule has 1 aromatic carbocycles. The van der Waals surface area contributed by atoms with E-state index in [0.29, 0.717) is 20.8 Å². The van der Waals surface area contributed by atoms with Crippen LogP contribution in [-0.2, 0) is 4.74 Å². The molecule has 0 radical (unpaired) electrons. The first-order valence-corrected chi connectivity index (χ1v) is 6.26. The normalized spacial score (nSPS) is 27.7. The Labute approximate surface area is 115 Å². The highest BCUT2D eigenvalue weighted by atomic mass is 35.5. The zero-order valence-electron chi connectivity index (χ0n) is 9.12. The lowest BCUT2D eigenvalue weighted by atomic mass is 9.86. The molecule has 17 heavy (non-hydrogen) atoms. The molecule has 0 saturated heterocycles. The maximum atomic E-state index is 6.01. The zero-order valence-corrected chi connectivity index (χ0v) is 11.4. The maximum absolute atomic E-state index is 6.01. The largest absolute Gasteiger partial charge is 0.486 e. The Morgan fingerprint density at radius 2 is 1.82 bits per heavy atom. The lowest BCUT2D eigenvalue weighted by molar-refractivity contribution is -0.0781. The van der Waals surface area contributed by atoms with Crippen molar-refractivity contribution in [2.75, 3.05) is 7.11 Å². The first-order valence-electron chi connectivity index (χ1n) is 5.12. The highest BCUT2D eigenvalue weighted by Gasteiger charge is 2.41. The van der Waals surface area contributed by atoms with Crippen molar-refractivity contribution < 1.29 is 9.47 Å². The minimum atomic E-state index is -0.111. The lowest BCUT2D eigenvalue weighted by Gasteiger charge is -2.41. The minimum absolute atomic E-state index is 0.00606. The van der Waals surface area contributed by atoms with Crippen LogP contribution in [0.4, 0.5) is 0 Å². The molecule has 1 fully saturated rings. The van der Waals surface area contributed by atoms with Crippen molar-refractivity contribution in [2.24, 2.45) is 5.73 Å². The van der Waals surface area contributed by atoms with Gasteiger partial charge in [0, 0.05) is 25.6 Å².